The first-order valence-corrected chi connectivity index (χ1v) is 8.00. The molecule has 2 rings (SSSR count). The first-order valence-electron chi connectivity index (χ1n) is 7.01. The lowest BCUT2D eigenvalue weighted by Crippen LogP contribution is -2.07. The normalized spacial score (nSPS) is 10.5. The Balaban J connectivity index is 1.93. The van der Waals surface area contributed by atoms with E-state index in [0.29, 0.717) is 5.69 Å². The van der Waals surface area contributed by atoms with Gasteiger partial charge < -0.3 is 10.1 Å². The van der Waals surface area contributed by atoms with Gasteiger partial charge in [-0.2, -0.15) is 0 Å². The fourth-order valence-corrected chi connectivity index (χ4v) is 2.57. The summed E-state index contributed by atoms with van der Waals surface area (Å²) < 4.78 is 4.60. The lowest BCUT2D eigenvalue weighted by atomic mass is 10.2. The molecule has 0 heterocycles. The molecular formula is C18H17NO3S. The predicted octanol–water partition coefficient (Wildman–Crippen LogP) is 3.60. The van der Waals surface area contributed by atoms with Crippen LogP contribution in [0.5, 0.6) is 0 Å². The summed E-state index contributed by atoms with van der Waals surface area (Å²) in [4.78, 5) is 24.0. The Morgan fingerprint density at radius 2 is 1.91 bits per heavy atom. The first kappa shape index (κ1) is 16.8. The molecule has 1 N–H and O–H groups in total. The Labute approximate surface area is 139 Å². The van der Waals surface area contributed by atoms with Crippen LogP contribution in [-0.2, 0) is 14.3 Å². The highest BCUT2D eigenvalue weighted by Gasteiger charge is 2.04. The smallest absolute Gasteiger partial charge is 0.315 e. The molecule has 0 saturated heterocycles. The number of benzene rings is 2. The molecule has 0 aliphatic heterocycles. The molecule has 0 atom stereocenters. The van der Waals surface area contributed by atoms with Gasteiger partial charge in [-0.1, -0.05) is 36.4 Å². The van der Waals surface area contributed by atoms with Crippen LogP contribution in [0.1, 0.15) is 5.56 Å². The molecular weight excluding hydrogens is 310 g/mol. The van der Waals surface area contributed by atoms with Crippen molar-refractivity contribution in [1.29, 1.82) is 0 Å². The number of methoxy groups -OCH3 is 1. The van der Waals surface area contributed by atoms with E-state index in [9.17, 15) is 9.59 Å². The van der Waals surface area contributed by atoms with Gasteiger partial charge in [-0.3, -0.25) is 9.59 Å². The number of nitrogens with one attached hydrogen (secondary N) is 1. The van der Waals surface area contributed by atoms with Crippen molar-refractivity contribution in [2.24, 2.45) is 0 Å². The molecule has 4 nitrogen and oxygen atoms in total. The van der Waals surface area contributed by atoms with Crippen LogP contribution in [0.4, 0.5) is 5.69 Å². The van der Waals surface area contributed by atoms with E-state index in [1.165, 1.54) is 24.9 Å². The van der Waals surface area contributed by atoms with Crippen molar-refractivity contribution in [3.63, 3.8) is 0 Å². The number of hydrogen-bond donors (Lipinski definition) is 1. The Kier molecular flexibility index (Phi) is 6.44. The largest absolute Gasteiger partial charge is 0.468 e. The van der Waals surface area contributed by atoms with Crippen molar-refractivity contribution in [3.8, 4) is 0 Å². The average molecular weight is 327 g/mol. The molecule has 2 aromatic rings. The van der Waals surface area contributed by atoms with Crippen LogP contribution in [0.15, 0.2) is 65.6 Å². The second-order valence-corrected chi connectivity index (χ2v) is 5.67. The zero-order chi connectivity index (χ0) is 16.5. The molecule has 23 heavy (non-hydrogen) atoms. The summed E-state index contributed by atoms with van der Waals surface area (Å²) in [6, 6.07) is 16.9. The van der Waals surface area contributed by atoms with E-state index in [-0.39, 0.29) is 17.6 Å². The molecule has 0 bridgehead atoms. The number of ether oxygens (including phenoxy) is 1. The minimum Gasteiger partial charge on any atom is -0.468 e. The van der Waals surface area contributed by atoms with Gasteiger partial charge in [0.05, 0.1) is 12.9 Å². The maximum absolute atomic E-state index is 11.9. The monoisotopic (exact) mass is 327 g/mol. The van der Waals surface area contributed by atoms with Gasteiger partial charge >= 0.3 is 5.97 Å². The lowest BCUT2D eigenvalue weighted by Gasteiger charge is -2.05. The highest BCUT2D eigenvalue weighted by molar-refractivity contribution is 8.00. The molecule has 0 unspecified atom stereocenters. The summed E-state index contributed by atoms with van der Waals surface area (Å²) in [5.41, 5.74) is 1.65. The van der Waals surface area contributed by atoms with Crippen molar-refractivity contribution in [1.82, 2.24) is 0 Å². The molecule has 0 spiro atoms. The van der Waals surface area contributed by atoms with Crippen LogP contribution in [-0.4, -0.2) is 24.7 Å². The molecule has 0 radical (unpaired) electrons. The van der Waals surface area contributed by atoms with Gasteiger partial charge in [0.15, 0.2) is 0 Å². The maximum atomic E-state index is 11.9. The highest BCUT2D eigenvalue weighted by Crippen LogP contribution is 2.21. The molecule has 2 aromatic carbocycles. The fraction of sp³-hybridized carbons (Fsp3) is 0.111. The van der Waals surface area contributed by atoms with Crippen LogP contribution >= 0.6 is 11.8 Å². The Morgan fingerprint density at radius 3 is 2.65 bits per heavy atom. The Hall–Kier alpha value is -2.53. The predicted molar refractivity (Wildman–Crippen MR) is 93.3 cm³/mol. The van der Waals surface area contributed by atoms with E-state index in [1.54, 1.807) is 12.1 Å². The van der Waals surface area contributed by atoms with E-state index >= 15 is 0 Å². The Bertz CT molecular complexity index is 698. The van der Waals surface area contributed by atoms with Crippen molar-refractivity contribution in [3.05, 3.63) is 66.2 Å². The topological polar surface area (TPSA) is 55.4 Å². The summed E-state index contributed by atoms with van der Waals surface area (Å²) in [5.74, 6) is -0.249. The van der Waals surface area contributed by atoms with E-state index < -0.39 is 0 Å². The third-order valence-corrected chi connectivity index (χ3v) is 3.88. The quantitative estimate of drug-likeness (QED) is 0.500. The molecule has 5 heteroatoms. The van der Waals surface area contributed by atoms with E-state index in [1.807, 2.05) is 48.5 Å². The van der Waals surface area contributed by atoms with E-state index in [2.05, 4.69) is 10.1 Å². The van der Waals surface area contributed by atoms with E-state index in [0.717, 1.165) is 10.5 Å². The standard InChI is InChI=1S/C18H17NO3S/c1-22-18(21)13-23-16-9-5-8-15(12-16)19-17(20)11-10-14-6-3-2-4-7-14/h2-12H,13H2,1H3,(H,19,20)/b11-10+. The summed E-state index contributed by atoms with van der Waals surface area (Å²) in [6.45, 7) is 0. The van der Waals surface area contributed by atoms with Crippen molar-refractivity contribution in [2.75, 3.05) is 18.2 Å². The molecule has 0 saturated carbocycles. The van der Waals surface area contributed by atoms with Crippen molar-refractivity contribution >= 4 is 35.4 Å². The molecule has 0 fully saturated rings. The Morgan fingerprint density at radius 1 is 1.13 bits per heavy atom. The van der Waals surface area contributed by atoms with E-state index in [4.69, 9.17) is 0 Å². The van der Waals surface area contributed by atoms with Crippen LogP contribution in [0.25, 0.3) is 6.08 Å². The summed E-state index contributed by atoms with van der Waals surface area (Å²) in [6.07, 6.45) is 3.24. The van der Waals surface area contributed by atoms with Gasteiger partial charge in [-0.15, -0.1) is 11.8 Å². The van der Waals surface area contributed by atoms with Crippen LogP contribution in [0, 0.1) is 0 Å². The zero-order valence-corrected chi connectivity index (χ0v) is 13.5. The number of rotatable bonds is 6. The molecule has 118 valence electrons. The van der Waals surface area contributed by atoms with Gasteiger partial charge in [-0.25, -0.2) is 0 Å². The second kappa shape index (κ2) is 8.80. The molecule has 0 aliphatic carbocycles. The van der Waals surface area contributed by atoms with Crippen molar-refractivity contribution < 1.29 is 14.3 Å². The first-order chi connectivity index (χ1) is 11.2. The lowest BCUT2D eigenvalue weighted by molar-refractivity contribution is -0.137. The second-order valence-electron chi connectivity index (χ2n) is 4.63. The number of hydrogen-bond acceptors (Lipinski definition) is 4. The summed E-state index contributed by atoms with van der Waals surface area (Å²) >= 11 is 1.36. The highest BCUT2D eigenvalue weighted by atomic mass is 32.2. The van der Waals surface area contributed by atoms with Crippen LogP contribution in [0.2, 0.25) is 0 Å². The van der Waals surface area contributed by atoms with Gasteiger partial charge in [0.1, 0.15) is 0 Å². The minimum absolute atomic E-state index is 0.205. The number of esters is 1. The SMILES string of the molecule is COC(=O)CSc1cccc(NC(=O)/C=C/c2ccccc2)c1. The van der Waals surface area contributed by atoms with Crippen LogP contribution in [0.3, 0.4) is 0 Å². The fourth-order valence-electron chi connectivity index (χ4n) is 1.78. The number of thioether (sulfide) groups is 1. The average Bonchev–Trinajstić information content (AvgIpc) is 2.59. The number of carbonyl (C=O) groups is 2. The molecule has 1 amide bonds. The number of amides is 1. The van der Waals surface area contributed by atoms with Crippen molar-refractivity contribution in [2.45, 2.75) is 4.90 Å². The number of carbonyl (C=O) groups excluding carboxylic acids is 2. The van der Waals surface area contributed by atoms with Gasteiger partial charge in [0, 0.05) is 16.7 Å². The maximum Gasteiger partial charge on any atom is 0.315 e. The molecule has 0 aliphatic rings. The summed E-state index contributed by atoms with van der Waals surface area (Å²) in [5, 5.41) is 2.80. The molecule has 0 aromatic heterocycles. The third-order valence-electron chi connectivity index (χ3n) is 2.91. The number of anilines is 1. The van der Waals surface area contributed by atoms with Crippen LogP contribution < -0.4 is 5.32 Å². The van der Waals surface area contributed by atoms with Gasteiger partial charge in [0.2, 0.25) is 5.91 Å². The minimum atomic E-state index is -0.282. The zero-order valence-electron chi connectivity index (χ0n) is 12.7. The summed E-state index contributed by atoms with van der Waals surface area (Å²) in [7, 11) is 1.36. The van der Waals surface area contributed by atoms with Gasteiger partial charge in [0.25, 0.3) is 0 Å². The van der Waals surface area contributed by atoms with Gasteiger partial charge in [-0.05, 0) is 29.8 Å². The third kappa shape index (κ3) is 6.00.